The second-order valence-electron chi connectivity index (χ2n) is 2.81. The van der Waals surface area contributed by atoms with E-state index >= 15 is 0 Å². The van der Waals surface area contributed by atoms with Crippen LogP contribution >= 0.6 is 11.6 Å². The molecule has 0 amide bonds. The number of hydrogen-bond donors (Lipinski definition) is 2. The second-order valence-corrected chi connectivity index (χ2v) is 3.19. The van der Waals surface area contributed by atoms with Gasteiger partial charge in [-0.2, -0.15) is 8.78 Å². The molecule has 0 aliphatic rings. The smallest absolute Gasteiger partial charge is 0.274 e. The summed E-state index contributed by atoms with van der Waals surface area (Å²) in [5, 5.41) is 11.2. The summed E-state index contributed by atoms with van der Waals surface area (Å²) in [4.78, 5) is 3.88. The first-order valence-corrected chi connectivity index (χ1v) is 4.80. The van der Waals surface area contributed by atoms with E-state index in [1.165, 1.54) is 13.3 Å². The van der Waals surface area contributed by atoms with Crippen LogP contribution in [0.15, 0.2) is 41.4 Å². The highest BCUT2D eigenvalue weighted by Gasteiger charge is 2.07. The molecule has 0 atom stereocenters. The molecule has 0 unspecified atom stereocenters. The summed E-state index contributed by atoms with van der Waals surface area (Å²) >= 11 is 5.58. The number of aliphatic hydroxyl groups is 1. The van der Waals surface area contributed by atoms with E-state index in [1.807, 2.05) is 0 Å². The zero-order valence-corrected chi connectivity index (χ0v) is 9.50. The van der Waals surface area contributed by atoms with E-state index < -0.39 is 11.8 Å². The van der Waals surface area contributed by atoms with Crippen LogP contribution in [0.4, 0.5) is 14.6 Å². The Morgan fingerprint density at radius 3 is 2.88 bits per heavy atom. The molecule has 1 rings (SSSR count). The largest absolute Gasteiger partial charge is 0.505 e. The van der Waals surface area contributed by atoms with Gasteiger partial charge in [-0.25, -0.2) is 4.98 Å². The van der Waals surface area contributed by atoms with Crippen LogP contribution in [0.5, 0.6) is 5.75 Å². The van der Waals surface area contributed by atoms with Gasteiger partial charge in [0.25, 0.3) is 6.08 Å². The lowest BCUT2D eigenvalue weighted by atomic mass is 10.4. The Hall–Kier alpha value is -1.82. The quantitative estimate of drug-likeness (QED) is 0.497. The minimum atomic E-state index is -2.06. The number of aliphatic hydroxyl groups excluding tert-OH is 1. The maximum atomic E-state index is 11.9. The number of halogens is 3. The molecule has 4 nitrogen and oxygen atoms in total. The monoisotopic (exact) mass is 262 g/mol. The van der Waals surface area contributed by atoms with E-state index in [9.17, 15) is 13.9 Å². The predicted molar refractivity (Wildman–Crippen MR) is 60.2 cm³/mol. The van der Waals surface area contributed by atoms with E-state index in [-0.39, 0.29) is 17.1 Å². The predicted octanol–water partition coefficient (Wildman–Crippen LogP) is 3.25. The Kier molecular flexibility index (Phi) is 4.71. The average molecular weight is 263 g/mol. The first-order chi connectivity index (χ1) is 8.04. The molecule has 0 spiro atoms. The third-order valence-electron chi connectivity index (χ3n) is 1.69. The zero-order valence-electron chi connectivity index (χ0n) is 8.75. The highest BCUT2D eigenvalue weighted by atomic mass is 35.5. The Bertz CT molecular complexity index is 459. The molecule has 1 aromatic rings. The Balaban J connectivity index is 2.94. The summed E-state index contributed by atoms with van der Waals surface area (Å²) in [6.07, 6.45) is -0.377. The van der Waals surface area contributed by atoms with Crippen molar-refractivity contribution in [3.05, 3.63) is 41.4 Å². The molecule has 0 aliphatic carbocycles. The molecule has 1 aromatic heterocycles. The van der Waals surface area contributed by atoms with Crippen LogP contribution in [0.25, 0.3) is 0 Å². The van der Waals surface area contributed by atoms with Gasteiger partial charge in [0, 0.05) is 12.3 Å². The van der Waals surface area contributed by atoms with Crippen LogP contribution in [0.3, 0.4) is 0 Å². The Labute approximate surface area is 101 Å². The number of nitrogens with one attached hydrogen (secondary N) is 1. The zero-order chi connectivity index (χ0) is 12.8. The molecular formula is C10H9ClF2N2O2. The van der Waals surface area contributed by atoms with Crippen molar-refractivity contribution < 1.29 is 18.6 Å². The molecule has 0 radical (unpaired) electrons. The van der Waals surface area contributed by atoms with Crippen molar-refractivity contribution in [2.75, 3.05) is 12.4 Å². The highest BCUT2D eigenvalue weighted by molar-refractivity contribution is 6.31. The van der Waals surface area contributed by atoms with E-state index in [0.717, 1.165) is 0 Å². The first kappa shape index (κ1) is 13.2. The summed E-state index contributed by atoms with van der Waals surface area (Å²) in [7, 11) is 1.42. The number of ether oxygens (including phenoxy) is 1. The number of aromatic nitrogens is 1. The summed E-state index contributed by atoms with van der Waals surface area (Å²) < 4.78 is 28.7. The van der Waals surface area contributed by atoms with Gasteiger partial charge in [0.05, 0.1) is 7.11 Å². The molecule has 0 bridgehead atoms. The molecule has 0 saturated heterocycles. The van der Waals surface area contributed by atoms with Crippen LogP contribution in [-0.4, -0.2) is 17.2 Å². The highest BCUT2D eigenvalue weighted by Crippen LogP contribution is 2.23. The maximum absolute atomic E-state index is 11.9. The minimum Gasteiger partial charge on any atom is -0.505 e. The molecule has 92 valence electrons. The lowest BCUT2D eigenvalue weighted by Crippen LogP contribution is -2.01. The standard InChI is InChI=1S/C10H9ClF2N2O2/c1-17-7-3-2-4-14-10(7)15-9(11)6(16)5-8(12)13/h2-5,16H,1H3,(H,14,15)/b9-6-. The van der Waals surface area contributed by atoms with Gasteiger partial charge in [0.15, 0.2) is 17.3 Å². The number of methoxy groups -OCH3 is 1. The van der Waals surface area contributed by atoms with Gasteiger partial charge in [-0.3, -0.25) is 0 Å². The molecular weight excluding hydrogens is 254 g/mol. The lowest BCUT2D eigenvalue weighted by molar-refractivity contribution is 0.392. The molecule has 7 heteroatoms. The SMILES string of the molecule is COc1cccnc1N/C(Cl)=C(\O)C=C(F)F. The van der Waals surface area contributed by atoms with E-state index in [1.54, 1.807) is 12.1 Å². The number of pyridine rings is 1. The average Bonchev–Trinajstić information content (AvgIpc) is 2.28. The van der Waals surface area contributed by atoms with Crippen LogP contribution in [0.2, 0.25) is 0 Å². The van der Waals surface area contributed by atoms with Crippen molar-refractivity contribution in [2.45, 2.75) is 0 Å². The molecule has 17 heavy (non-hydrogen) atoms. The van der Waals surface area contributed by atoms with Crippen molar-refractivity contribution in [1.82, 2.24) is 4.98 Å². The Morgan fingerprint density at radius 2 is 2.29 bits per heavy atom. The van der Waals surface area contributed by atoms with Gasteiger partial charge >= 0.3 is 0 Å². The summed E-state index contributed by atoms with van der Waals surface area (Å²) in [6, 6.07) is 3.23. The lowest BCUT2D eigenvalue weighted by Gasteiger charge is -2.08. The van der Waals surface area contributed by atoms with E-state index in [0.29, 0.717) is 5.75 Å². The van der Waals surface area contributed by atoms with Crippen LogP contribution in [0, 0.1) is 0 Å². The van der Waals surface area contributed by atoms with Crippen LogP contribution < -0.4 is 10.1 Å². The van der Waals surface area contributed by atoms with Crippen molar-refractivity contribution in [3.8, 4) is 5.75 Å². The maximum Gasteiger partial charge on any atom is 0.274 e. The summed E-state index contributed by atoms with van der Waals surface area (Å²) in [5.41, 5.74) is 0. The van der Waals surface area contributed by atoms with E-state index in [2.05, 4.69) is 10.3 Å². The first-order valence-electron chi connectivity index (χ1n) is 4.42. The molecule has 1 heterocycles. The number of nitrogens with zero attached hydrogens (tertiary/aromatic N) is 1. The van der Waals surface area contributed by atoms with Gasteiger partial charge in [-0.05, 0) is 12.1 Å². The second kappa shape index (κ2) is 6.05. The fourth-order valence-electron chi connectivity index (χ4n) is 0.984. The van der Waals surface area contributed by atoms with Crippen molar-refractivity contribution in [2.24, 2.45) is 0 Å². The van der Waals surface area contributed by atoms with Gasteiger partial charge in [-0.15, -0.1) is 0 Å². The molecule has 0 saturated carbocycles. The summed E-state index contributed by atoms with van der Waals surface area (Å²) in [6.45, 7) is 0. The van der Waals surface area contributed by atoms with Crippen molar-refractivity contribution >= 4 is 17.4 Å². The molecule has 0 fully saturated rings. The number of anilines is 1. The number of rotatable bonds is 4. The van der Waals surface area contributed by atoms with Gasteiger partial charge < -0.3 is 15.2 Å². The molecule has 2 N–H and O–H groups in total. The normalized spacial score (nSPS) is 11.5. The van der Waals surface area contributed by atoms with E-state index in [4.69, 9.17) is 16.3 Å². The Morgan fingerprint density at radius 1 is 1.59 bits per heavy atom. The third-order valence-corrected chi connectivity index (χ3v) is 1.98. The van der Waals surface area contributed by atoms with Crippen molar-refractivity contribution in [1.29, 1.82) is 0 Å². The fourth-order valence-corrected chi connectivity index (χ4v) is 1.13. The number of allylic oxidation sites excluding steroid dienone is 1. The minimum absolute atomic E-state index is 0.208. The number of hydrogen-bond acceptors (Lipinski definition) is 4. The van der Waals surface area contributed by atoms with Crippen LogP contribution in [0.1, 0.15) is 0 Å². The van der Waals surface area contributed by atoms with Gasteiger partial charge in [-0.1, -0.05) is 11.6 Å². The topological polar surface area (TPSA) is 54.4 Å². The molecule has 0 aromatic carbocycles. The third kappa shape index (κ3) is 3.92. The molecule has 0 aliphatic heterocycles. The van der Waals surface area contributed by atoms with Crippen LogP contribution in [-0.2, 0) is 0 Å². The van der Waals surface area contributed by atoms with Gasteiger partial charge in [0.1, 0.15) is 5.16 Å². The fraction of sp³-hybridized carbons (Fsp3) is 0.100. The van der Waals surface area contributed by atoms with Crippen molar-refractivity contribution in [3.63, 3.8) is 0 Å². The summed E-state index contributed by atoms with van der Waals surface area (Å²) in [5.74, 6) is -0.221. The van der Waals surface area contributed by atoms with Gasteiger partial charge in [0.2, 0.25) is 0 Å².